The molecular weight excluding hydrogens is 278 g/mol. The molecule has 1 fully saturated rings. The van der Waals surface area contributed by atoms with Crippen LogP contribution in [0.15, 0.2) is 15.7 Å². The number of nitrogens with zero attached hydrogens (tertiary/aromatic N) is 1. The van der Waals surface area contributed by atoms with Gasteiger partial charge in [-0.2, -0.15) is 4.31 Å². The molecule has 1 aliphatic heterocycles. The molecule has 18 heavy (non-hydrogen) atoms. The number of aliphatic hydroxyl groups excluding tert-OH is 1. The van der Waals surface area contributed by atoms with E-state index in [1.165, 1.54) is 15.8 Å². The lowest BCUT2D eigenvalue weighted by Crippen LogP contribution is -2.28. The normalized spacial score (nSPS) is 21.3. The second-order valence-electron chi connectivity index (χ2n) is 4.16. The van der Waals surface area contributed by atoms with Crippen LogP contribution in [0.25, 0.3) is 0 Å². The number of carbonyl (C=O) groups is 1. The molecule has 2 rings (SSSR count). The molecule has 8 heteroatoms. The summed E-state index contributed by atoms with van der Waals surface area (Å²) in [5.41, 5.74) is -0.0171. The number of aromatic carboxylic acids is 1. The van der Waals surface area contributed by atoms with Crippen molar-refractivity contribution in [1.82, 2.24) is 4.31 Å². The Kier molecular flexibility index (Phi) is 3.71. The van der Waals surface area contributed by atoms with Crippen molar-refractivity contribution in [3.8, 4) is 0 Å². The van der Waals surface area contributed by atoms with Crippen LogP contribution in [-0.2, 0) is 10.0 Å². The van der Waals surface area contributed by atoms with Crippen LogP contribution < -0.4 is 0 Å². The van der Waals surface area contributed by atoms with E-state index in [1.54, 1.807) is 0 Å². The molecule has 0 saturated carbocycles. The summed E-state index contributed by atoms with van der Waals surface area (Å²) in [4.78, 5) is 10.7. The number of hydrogen-bond donors (Lipinski definition) is 2. The van der Waals surface area contributed by atoms with E-state index in [4.69, 9.17) is 10.2 Å². The standard InChI is InChI=1S/C10H13NO5S2/c12-5-7-1-2-11(4-7)18(15,16)9-3-8(6-17-9)10(13)14/h3,6-7,12H,1-2,4-5H2,(H,13,14). The zero-order valence-electron chi connectivity index (χ0n) is 9.44. The third-order valence-corrected chi connectivity index (χ3v) is 6.20. The van der Waals surface area contributed by atoms with E-state index in [1.807, 2.05) is 0 Å². The van der Waals surface area contributed by atoms with E-state index in [2.05, 4.69) is 0 Å². The highest BCUT2D eigenvalue weighted by Crippen LogP contribution is 2.28. The van der Waals surface area contributed by atoms with Crippen LogP contribution in [0.3, 0.4) is 0 Å². The lowest BCUT2D eigenvalue weighted by Gasteiger charge is -2.14. The molecule has 100 valence electrons. The van der Waals surface area contributed by atoms with Crippen molar-refractivity contribution in [3.05, 3.63) is 17.0 Å². The average molecular weight is 291 g/mol. The Morgan fingerprint density at radius 2 is 2.28 bits per heavy atom. The van der Waals surface area contributed by atoms with Gasteiger partial charge in [-0.05, 0) is 18.4 Å². The Hall–Kier alpha value is -0.960. The smallest absolute Gasteiger partial charge is 0.336 e. The second kappa shape index (κ2) is 4.96. The average Bonchev–Trinajstić information content (AvgIpc) is 2.98. The van der Waals surface area contributed by atoms with Crippen molar-refractivity contribution in [2.75, 3.05) is 19.7 Å². The molecule has 1 aromatic rings. The molecule has 1 unspecified atom stereocenters. The highest BCUT2D eigenvalue weighted by Gasteiger charge is 2.33. The van der Waals surface area contributed by atoms with E-state index in [-0.39, 0.29) is 22.3 Å². The Labute approximate surface area is 109 Å². The minimum absolute atomic E-state index is 0.0171. The zero-order chi connectivity index (χ0) is 13.3. The van der Waals surface area contributed by atoms with Gasteiger partial charge < -0.3 is 10.2 Å². The molecule has 1 saturated heterocycles. The largest absolute Gasteiger partial charge is 0.478 e. The van der Waals surface area contributed by atoms with E-state index >= 15 is 0 Å². The Balaban J connectivity index is 2.23. The summed E-state index contributed by atoms with van der Waals surface area (Å²) in [6.45, 7) is 0.629. The van der Waals surface area contributed by atoms with Gasteiger partial charge in [0.05, 0.1) is 5.56 Å². The third-order valence-electron chi connectivity index (χ3n) is 2.92. The topological polar surface area (TPSA) is 94.9 Å². The van der Waals surface area contributed by atoms with Crippen LogP contribution in [0.1, 0.15) is 16.8 Å². The number of sulfonamides is 1. The Bertz CT molecular complexity index is 550. The molecule has 0 aliphatic carbocycles. The van der Waals surface area contributed by atoms with Gasteiger partial charge in [-0.3, -0.25) is 0 Å². The van der Waals surface area contributed by atoms with Crippen LogP contribution in [-0.4, -0.2) is 48.6 Å². The van der Waals surface area contributed by atoms with Crippen LogP contribution >= 0.6 is 11.3 Å². The van der Waals surface area contributed by atoms with Gasteiger partial charge in [-0.25, -0.2) is 13.2 Å². The van der Waals surface area contributed by atoms with E-state index in [9.17, 15) is 13.2 Å². The second-order valence-corrected chi connectivity index (χ2v) is 7.24. The highest BCUT2D eigenvalue weighted by atomic mass is 32.2. The van der Waals surface area contributed by atoms with Crippen LogP contribution in [0, 0.1) is 5.92 Å². The molecule has 2 heterocycles. The minimum atomic E-state index is -3.62. The van der Waals surface area contributed by atoms with Gasteiger partial charge in [0.2, 0.25) is 0 Å². The first kappa shape index (κ1) is 13.5. The molecule has 0 radical (unpaired) electrons. The minimum Gasteiger partial charge on any atom is -0.478 e. The molecule has 0 amide bonds. The van der Waals surface area contributed by atoms with Crippen molar-refractivity contribution in [2.45, 2.75) is 10.6 Å². The predicted octanol–water partition coefficient (Wildman–Crippen LogP) is 0.449. The van der Waals surface area contributed by atoms with Crippen LogP contribution in [0.4, 0.5) is 0 Å². The summed E-state index contributed by atoms with van der Waals surface area (Å²) < 4.78 is 25.7. The zero-order valence-corrected chi connectivity index (χ0v) is 11.1. The van der Waals surface area contributed by atoms with Crippen molar-refractivity contribution in [1.29, 1.82) is 0 Å². The Morgan fingerprint density at radius 3 is 2.78 bits per heavy atom. The van der Waals surface area contributed by atoms with Gasteiger partial charge in [-0.1, -0.05) is 0 Å². The number of aliphatic hydroxyl groups is 1. The lowest BCUT2D eigenvalue weighted by atomic mass is 10.1. The molecular formula is C10H13NO5S2. The predicted molar refractivity (Wildman–Crippen MR) is 65.2 cm³/mol. The summed E-state index contributed by atoms with van der Waals surface area (Å²) in [7, 11) is -3.62. The summed E-state index contributed by atoms with van der Waals surface area (Å²) in [5.74, 6) is -1.17. The van der Waals surface area contributed by atoms with Gasteiger partial charge in [0.25, 0.3) is 10.0 Å². The number of carboxylic acids is 1. The van der Waals surface area contributed by atoms with Crippen molar-refractivity contribution < 1.29 is 23.4 Å². The fraction of sp³-hybridized carbons (Fsp3) is 0.500. The summed E-state index contributed by atoms with van der Waals surface area (Å²) in [5, 5.41) is 19.1. The monoisotopic (exact) mass is 291 g/mol. The number of thiophene rings is 1. The quantitative estimate of drug-likeness (QED) is 0.840. The van der Waals surface area contributed by atoms with Gasteiger partial charge in [0, 0.05) is 25.1 Å². The van der Waals surface area contributed by atoms with E-state index in [0.29, 0.717) is 19.5 Å². The summed E-state index contributed by atoms with van der Waals surface area (Å²) in [6.07, 6.45) is 0.632. The van der Waals surface area contributed by atoms with E-state index < -0.39 is 16.0 Å². The van der Waals surface area contributed by atoms with Gasteiger partial charge in [0.15, 0.2) is 0 Å². The first-order valence-electron chi connectivity index (χ1n) is 5.38. The number of hydrogen-bond acceptors (Lipinski definition) is 5. The van der Waals surface area contributed by atoms with Crippen LogP contribution in [0.2, 0.25) is 0 Å². The number of carboxylic acid groups (broad SMARTS) is 1. The van der Waals surface area contributed by atoms with Crippen molar-refractivity contribution in [3.63, 3.8) is 0 Å². The molecule has 0 bridgehead atoms. The molecule has 6 nitrogen and oxygen atoms in total. The Morgan fingerprint density at radius 1 is 1.56 bits per heavy atom. The van der Waals surface area contributed by atoms with Crippen LogP contribution in [0.5, 0.6) is 0 Å². The molecule has 0 spiro atoms. The maximum Gasteiger partial charge on any atom is 0.336 e. The van der Waals surface area contributed by atoms with Crippen molar-refractivity contribution in [2.24, 2.45) is 5.92 Å². The molecule has 1 atom stereocenters. The maximum atomic E-state index is 12.2. The fourth-order valence-electron chi connectivity index (χ4n) is 1.86. The molecule has 2 N–H and O–H groups in total. The highest BCUT2D eigenvalue weighted by molar-refractivity contribution is 7.91. The first-order chi connectivity index (χ1) is 8.45. The summed E-state index contributed by atoms with van der Waals surface area (Å²) >= 11 is 0.908. The lowest BCUT2D eigenvalue weighted by molar-refractivity contribution is 0.0697. The van der Waals surface area contributed by atoms with Gasteiger partial charge in [-0.15, -0.1) is 11.3 Å². The summed E-state index contributed by atoms with van der Waals surface area (Å²) in [6, 6.07) is 1.18. The van der Waals surface area contributed by atoms with Crippen molar-refractivity contribution >= 4 is 27.3 Å². The van der Waals surface area contributed by atoms with Gasteiger partial charge in [0.1, 0.15) is 4.21 Å². The third kappa shape index (κ3) is 2.41. The van der Waals surface area contributed by atoms with E-state index in [0.717, 1.165) is 11.3 Å². The first-order valence-corrected chi connectivity index (χ1v) is 7.70. The molecule has 1 aliphatic rings. The SMILES string of the molecule is O=C(O)c1csc(S(=O)(=O)N2CCC(CO)C2)c1. The fourth-order valence-corrected chi connectivity index (χ4v) is 4.69. The molecule has 0 aromatic carbocycles. The van der Waals surface area contributed by atoms with Gasteiger partial charge >= 0.3 is 5.97 Å². The molecule has 1 aromatic heterocycles. The maximum absolute atomic E-state index is 12.2. The number of rotatable bonds is 4.